The minimum Gasteiger partial charge on any atom is -0.481 e. The first-order valence-electron chi connectivity index (χ1n) is 4.95. The lowest BCUT2D eigenvalue weighted by atomic mass is 10.0. The van der Waals surface area contributed by atoms with Crippen LogP contribution in [0.2, 0.25) is 0 Å². The normalized spacial score (nSPS) is 12.3. The highest BCUT2D eigenvalue weighted by molar-refractivity contribution is 6.05. The van der Waals surface area contributed by atoms with Gasteiger partial charge in [-0.1, -0.05) is 0 Å². The Balaban J connectivity index is 3.38. The van der Waals surface area contributed by atoms with Crippen LogP contribution >= 0.6 is 0 Å². The number of hydrogen-bond acceptors (Lipinski definition) is 2. The van der Waals surface area contributed by atoms with Crippen molar-refractivity contribution in [1.29, 1.82) is 0 Å². The van der Waals surface area contributed by atoms with Gasteiger partial charge >= 0.3 is 18.3 Å². The summed E-state index contributed by atoms with van der Waals surface area (Å²) < 4.78 is 74.8. The fourth-order valence-electron chi connectivity index (χ4n) is 1.36. The second-order valence-corrected chi connectivity index (χ2v) is 3.79. The molecule has 0 atom stereocenters. The van der Waals surface area contributed by atoms with Crippen LogP contribution in [0, 0.1) is 0 Å². The van der Waals surface area contributed by atoms with Crippen LogP contribution in [0.15, 0.2) is 18.2 Å². The highest BCUT2D eigenvalue weighted by Gasteiger charge is 2.37. The third-order valence-electron chi connectivity index (χ3n) is 2.22. The van der Waals surface area contributed by atoms with E-state index in [-0.39, 0.29) is 18.2 Å². The first-order chi connectivity index (χ1) is 8.91. The van der Waals surface area contributed by atoms with Crippen molar-refractivity contribution in [3.8, 4) is 0 Å². The topological polar surface area (TPSA) is 54.4 Å². The second kappa shape index (κ2) is 5.14. The van der Waals surface area contributed by atoms with Gasteiger partial charge in [0, 0.05) is 5.56 Å². The fraction of sp³-hybridized carbons (Fsp3) is 0.273. The zero-order valence-corrected chi connectivity index (χ0v) is 9.47. The van der Waals surface area contributed by atoms with E-state index in [0.717, 1.165) is 0 Å². The average Bonchev–Trinajstić information content (AvgIpc) is 2.25. The van der Waals surface area contributed by atoms with Crippen LogP contribution in [0.3, 0.4) is 0 Å². The molecule has 0 radical (unpaired) electrons. The molecule has 0 fully saturated rings. The number of carboxylic acids is 1. The number of halogens is 6. The van der Waals surface area contributed by atoms with E-state index >= 15 is 0 Å². The zero-order valence-electron chi connectivity index (χ0n) is 9.47. The Morgan fingerprint density at radius 1 is 0.900 bits per heavy atom. The van der Waals surface area contributed by atoms with E-state index in [4.69, 9.17) is 5.11 Å². The number of benzene rings is 1. The van der Waals surface area contributed by atoms with Gasteiger partial charge in [0.2, 0.25) is 0 Å². The van der Waals surface area contributed by atoms with Gasteiger partial charge in [0.1, 0.15) is 6.42 Å². The predicted octanol–water partition coefficient (Wildman–Crippen LogP) is 3.38. The lowest BCUT2D eigenvalue weighted by Crippen LogP contribution is -2.14. The summed E-state index contributed by atoms with van der Waals surface area (Å²) in [5.41, 5.74) is -4.28. The van der Waals surface area contributed by atoms with Gasteiger partial charge < -0.3 is 5.11 Å². The Labute approximate surface area is 107 Å². The number of carbonyl (C=O) groups excluding carboxylic acids is 1. The maximum absolute atomic E-state index is 12.5. The molecular formula is C11H6F6O3. The van der Waals surface area contributed by atoms with Crippen molar-refractivity contribution in [2.24, 2.45) is 0 Å². The van der Waals surface area contributed by atoms with Gasteiger partial charge in [-0.25, -0.2) is 0 Å². The third-order valence-corrected chi connectivity index (χ3v) is 2.22. The number of Topliss-reactive ketones (excluding diaryl/α,β-unsaturated/α-hetero) is 1. The molecule has 0 aromatic heterocycles. The first-order valence-corrected chi connectivity index (χ1v) is 4.95. The average molecular weight is 300 g/mol. The highest BCUT2D eigenvalue weighted by Crippen LogP contribution is 2.36. The van der Waals surface area contributed by atoms with E-state index in [1.165, 1.54) is 0 Å². The van der Waals surface area contributed by atoms with Gasteiger partial charge in [-0.05, 0) is 18.2 Å². The molecule has 0 aliphatic rings. The number of alkyl halides is 6. The fourth-order valence-corrected chi connectivity index (χ4v) is 1.36. The monoisotopic (exact) mass is 300 g/mol. The molecule has 9 heteroatoms. The molecule has 0 spiro atoms. The third kappa shape index (κ3) is 3.97. The van der Waals surface area contributed by atoms with Crippen LogP contribution in [0.5, 0.6) is 0 Å². The lowest BCUT2D eigenvalue weighted by molar-refractivity contribution is -0.143. The Kier molecular flexibility index (Phi) is 4.11. The van der Waals surface area contributed by atoms with Crippen molar-refractivity contribution >= 4 is 11.8 Å². The number of carboxylic acid groups (broad SMARTS) is 1. The molecule has 0 bridgehead atoms. The van der Waals surface area contributed by atoms with Gasteiger partial charge in [-0.3, -0.25) is 9.59 Å². The van der Waals surface area contributed by atoms with Crippen LogP contribution in [-0.2, 0) is 17.1 Å². The van der Waals surface area contributed by atoms with E-state index in [9.17, 15) is 35.9 Å². The predicted molar refractivity (Wildman–Crippen MR) is 53.0 cm³/mol. The van der Waals surface area contributed by atoms with Gasteiger partial charge in [0.25, 0.3) is 0 Å². The van der Waals surface area contributed by atoms with Crippen LogP contribution in [0.4, 0.5) is 26.3 Å². The van der Waals surface area contributed by atoms with E-state index in [0.29, 0.717) is 0 Å². The number of carbonyl (C=O) groups is 2. The van der Waals surface area contributed by atoms with Crippen LogP contribution in [-0.4, -0.2) is 16.9 Å². The van der Waals surface area contributed by atoms with Gasteiger partial charge in [-0.15, -0.1) is 0 Å². The quantitative estimate of drug-likeness (QED) is 0.529. The molecule has 1 aromatic rings. The van der Waals surface area contributed by atoms with E-state index < -0.39 is 47.2 Å². The number of rotatable bonds is 3. The summed E-state index contributed by atoms with van der Waals surface area (Å²) in [6.45, 7) is 0. The van der Waals surface area contributed by atoms with Crippen LogP contribution < -0.4 is 0 Å². The largest absolute Gasteiger partial charge is 0.481 e. The Hall–Kier alpha value is -2.06. The molecule has 0 amide bonds. The second-order valence-electron chi connectivity index (χ2n) is 3.79. The summed E-state index contributed by atoms with van der Waals surface area (Å²) in [5.74, 6) is -2.99. The molecule has 1 rings (SSSR count). The minimum absolute atomic E-state index is 0.141. The molecule has 0 aliphatic heterocycles. The summed E-state index contributed by atoms with van der Waals surface area (Å²) in [7, 11) is 0. The molecule has 0 saturated heterocycles. The highest BCUT2D eigenvalue weighted by atomic mass is 19.4. The summed E-state index contributed by atoms with van der Waals surface area (Å²) in [5, 5.41) is 8.34. The molecule has 0 saturated carbocycles. The Bertz CT molecular complexity index is 512. The molecule has 20 heavy (non-hydrogen) atoms. The standard InChI is InChI=1S/C11H6F6O3/c12-10(13,14)6-1-5(8(18)4-9(19)20)2-7(3-6)11(15,16)17/h1-3H,4H2,(H,19,20). The van der Waals surface area contributed by atoms with E-state index in [1.54, 1.807) is 0 Å². The SMILES string of the molecule is O=C(O)CC(=O)c1cc(C(F)(F)F)cc(C(F)(F)F)c1. The zero-order chi connectivity index (χ0) is 15.7. The minimum atomic E-state index is -5.08. The van der Waals surface area contributed by atoms with E-state index in [1.807, 2.05) is 0 Å². The van der Waals surface area contributed by atoms with Gasteiger partial charge in [0.05, 0.1) is 11.1 Å². The number of hydrogen-bond donors (Lipinski definition) is 1. The smallest absolute Gasteiger partial charge is 0.416 e. The van der Waals surface area contributed by atoms with Crippen molar-refractivity contribution in [3.05, 3.63) is 34.9 Å². The summed E-state index contributed by atoms with van der Waals surface area (Å²) >= 11 is 0. The molecule has 3 nitrogen and oxygen atoms in total. The molecule has 110 valence electrons. The van der Waals surface area contributed by atoms with E-state index in [2.05, 4.69) is 0 Å². The lowest BCUT2D eigenvalue weighted by Gasteiger charge is -2.13. The molecule has 0 unspecified atom stereocenters. The Morgan fingerprint density at radius 3 is 1.60 bits per heavy atom. The van der Waals surface area contributed by atoms with Crippen LogP contribution in [0.1, 0.15) is 27.9 Å². The van der Waals surface area contributed by atoms with Gasteiger partial charge in [0.15, 0.2) is 5.78 Å². The molecular weight excluding hydrogens is 294 g/mol. The first kappa shape index (κ1) is 16.0. The summed E-state index contributed by atoms with van der Waals surface area (Å²) in [6, 6.07) is 0.249. The number of ketones is 1. The van der Waals surface area contributed by atoms with Gasteiger partial charge in [-0.2, -0.15) is 26.3 Å². The van der Waals surface area contributed by atoms with Crippen molar-refractivity contribution < 1.29 is 41.0 Å². The Morgan fingerprint density at radius 2 is 1.30 bits per heavy atom. The summed E-state index contributed by atoms with van der Waals surface area (Å²) in [6.07, 6.45) is -11.4. The van der Waals surface area contributed by atoms with Crippen molar-refractivity contribution in [1.82, 2.24) is 0 Å². The maximum atomic E-state index is 12.5. The molecule has 1 aromatic carbocycles. The van der Waals surface area contributed by atoms with Crippen molar-refractivity contribution in [2.45, 2.75) is 18.8 Å². The molecule has 1 N–H and O–H groups in total. The number of aliphatic carboxylic acids is 1. The molecule has 0 aliphatic carbocycles. The van der Waals surface area contributed by atoms with Crippen LogP contribution in [0.25, 0.3) is 0 Å². The van der Waals surface area contributed by atoms with Crippen molar-refractivity contribution in [3.63, 3.8) is 0 Å². The summed E-state index contributed by atoms with van der Waals surface area (Å²) in [4.78, 5) is 21.6. The molecule has 0 heterocycles. The maximum Gasteiger partial charge on any atom is 0.416 e. The van der Waals surface area contributed by atoms with Crippen molar-refractivity contribution in [2.75, 3.05) is 0 Å².